The zero-order valence-corrected chi connectivity index (χ0v) is 23.8. The fourth-order valence-corrected chi connectivity index (χ4v) is 4.97. The molecule has 1 fully saturated rings. The van der Waals surface area contributed by atoms with Crippen molar-refractivity contribution in [3.8, 4) is 0 Å². The molecule has 2 amide bonds. The lowest BCUT2D eigenvalue weighted by molar-refractivity contribution is -0.128. The van der Waals surface area contributed by atoms with Crippen molar-refractivity contribution < 1.29 is 14.3 Å². The number of carbonyl (C=O) groups is 2. The van der Waals surface area contributed by atoms with E-state index in [1.807, 2.05) is 26.8 Å². The minimum absolute atomic E-state index is 0.0669. The van der Waals surface area contributed by atoms with Crippen LogP contribution in [0.1, 0.15) is 92.6 Å². The molecule has 204 valence electrons. The summed E-state index contributed by atoms with van der Waals surface area (Å²) in [6.07, 6.45) is 6.43. The van der Waals surface area contributed by atoms with Crippen LogP contribution in [0.3, 0.4) is 0 Å². The first-order chi connectivity index (χ1) is 17.0. The highest BCUT2D eigenvalue weighted by Gasteiger charge is 2.33. The highest BCUT2D eigenvalue weighted by atomic mass is 16.6. The van der Waals surface area contributed by atoms with E-state index in [2.05, 4.69) is 67.5 Å². The van der Waals surface area contributed by atoms with Gasteiger partial charge in [-0.15, -0.1) is 0 Å². The molecule has 4 atom stereocenters. The number of carbonyl (C=O) groups excluding carboxylic acids is 2. The Hall–Kier alpha value is -2.08. The molecule has 0 spiro atoms. The lowest BCUT2D eigenvalue weighted by Gasteiger charge is -2.39. The highest BCUT2D eigenvalue weighted by Crippen LogP contribution is 2.21. The molecule has 0 bridgehead atoms. The summed E-state index contributed by atoms with van der Waals surface area (Å²) in [6.45, 7) is 15.9. The fraction of sp³-hybridized carbons (Fsp3) is 0.733. The fourth-order valence-electron chi connectivity index (χ4n) is 4.97. The largest absolute Gasteiger partial charge is 0.444 e. The number of benzene rings is 1. The van der Waals surface area contributed by atoms with Crippen LogP contribution in [0.4, 0.5) is 4.79 Å². The molecule has 2 N–H and O–H groups in total. The molecule has 1 saturated heterocycles. The molecule has 1 aliphatic rings. The summed E-state index contributed by atoms with van der Waals surface area (Å²) >= 11 is 0. The van der Waals surface area contributed by atoms with Gasteiger partial charge in [-0.3, -0.25) is 9.69 Å². The van der Waals surface area contributed by atoms with Gasteiger partial charge in [0.1, 0.15) is 5.60 Å². The molecule has 0 saturated carbocycles. The maximum atomic E-state index is 13.6. The van der Waals surface area contributed by atoms with Crippen LogP contribution in [0.5, 0.6) is 0 Å². The van der Waals surface area contributed by atoms with Crippen molar-refractivity contribution in [3.63, 3.8) is 0 Å². The number of piperidine rings is 1. The van der Waals surface area contributed by atoms with E-state index < -0.39 is 5.60 Å². The molecule has 36 heavy (non-hydrogen) atoms. The smallest absolute Gasteiger partial charge is 0.407 e. The summed E-state index contributed by atoms with van der Waals surface area (Å²) in [7, 11) is 0. The number of aryl methyl sites for hydroxylation is 1. The molecule has 6 nitrogen and oxygen atoms in total. The van der Waals surface area contributed by atoms with E-state index in [0.29, 0.717) is 12.5 Å². The van der Waals surface area contributed by atoms with Crippen molar-refractivity contribution in [2.24, 2.45) is 11.8 Å². The van der Waals surface area contributed by atoms with E-state index in [1.54, 1.807) is 0 Å². The lowest BCUT2D eigenvalue weighted by atomic mass is 9.94. The van der Waals surface area contributed by atoms with Crippen molar-refractivity contribution in [1.82, 2.24) is 15.5 Å². The van der Waals surface area contributed by atoms with Gasteiger partial charge in [0.05, 0.1) is 6.04 Å². The normalized spacial score (nSPS) is 19.4. The molecular formula is C30H51N3O3. The molecule has 1 aromatic carbocycles. The van der Waals surface area contributed by atoms with Crippen molar-refractivity contribution in [3.05, 3.63) is 35.9 Å². The number of hydrogen-bond donors (Lipinski definition) is 2. The topological polar surface area (TPSA) is 70.7 Å². The van der Waals surface area contributed by atoms with Gasteiger partial charge in [-0.05, 0) is 76.8 Å². The summed E-state index contributed by atoms with van der Waals surface area (Å²) in [5, 5.41) is 6.52. The molecule has 2 rings (SSSR count). The number of alkyl carbamates (subject to hydrolysis) is 1. The Morgan fingerprint density at radius 3 is 2.39 bits per heavy atom. The van der Waals surface area contributed by atoms with Gasteiger partial charge < -0.3 is 15.4 Å². The Morgan fingerprint density at radius 1 is 1.08 bits per heavy atom. The van der Waals surface area contributed by atoms with E-state index >= 15 is 0 Å². The number of rotatable bonds is 12. The van der Waals surface area contributed by atoms with Crippen LogP contribution < -0.4 is 10.6 Å². The highest BCUT2D eigenvalue weighted by molar-refractivity contribution is 5.82. The molecule has 1 aromatic rings. The van der Waals surface area contributed by atoms with E-state index in [9.17, 15) is 9.59 Å². The van der Waals surface area contributed by atoms with Gasteiger partial charge in [0.25, 0.3) is 0 Å². The minimum atomic E-state index is -0.539. The Labute approximate surface area is 219 Å². The predicted molar refractivity (Wildman–Crippen MR) is 148 cm³/mol. The number of nitrogens with one attached hydrogen (secondary N) is 2. The molecule has 0 aliphatic carbocycles. The number of nitrogens with zero attached hydrogens (tertiary/aromatic N) is 1. The van der Waals surface area contributed by atoms with E-state index in [4.69, 9.17) is 4.74 Å². The van der Waals surface area contributed by atoms with Crippen molar-refractivity contribution in [1.29, 1.82) is 0 Å². The van der Waals surface area contributed by atoms with Gasteiger partial charge in [-0.1, -0.05) is 70.9 Å². The first-order valence-corrected chi connectivity index (χ1v) is 14.1. The molecule has 0 unspecified atom stereocenters. The lowest BCUT2D eigenvalue weighted by Crippen LogP contribution is -2.56. The molecule has 0 radical (unpaired) electrons. The quantitative estimate of drug-likeness (QED) is 0.372. The predicted octanol–water partition coefficient (Wildman–Crippen LogP) is 5.94. The average molecular weight is 502 g/mol. The first kappa shape index (κ1) is 30.1. The van der Waals surface area contributed by atoms with Crippen LogP contribution in [0.2, 0.25) is 0 Å². The average Bonchev–Trinajstić information content (AvgIpc) is 2.81. The van der Waals surface area contributed by atoms with Gasteiger partial charge in [0.15, 0.2) is 0 Å². The number of amides is 2. The van der Waals surface area contributed by atoms with Crippen LogP contribution in [0.25, 0.3) is 0 Å². The summed E-state index contributed by atoms with van der Waals surface area (Å²) in [6, 6.07) is 10.4. The first-order valence-electron chi connectivity index (χ1n) is 14.1. The zero-order chi connectivity index (χ0) is 26.7. The summed E-state index contributed by atoms with van der Waals surface area (Å²) in [5.41, 5.74) is 0.771. The third kappa shape index (κ3) is 10.9. The molecule has 0 aromatic heterocycles. The Kier molecular flexibility index (Phi) is 12.2. The van der Waals surface area contributed by atoms with Gasteiger partial charge in [0, 0.05) is 18.6 Å². The second kappa shape index (κ2) is 14.6. The Morgan fingerprint density at radius 2 is 1.78 bits per heavy atom. The van der Waals surface area contributed by atoms with Crippen LogP contribution >= 0.6 is 0 Å². The molecule has 1 aliphatic heterocycles. The summed E-state index contributed by atoms with van der Waals surface area (Å²) in [5.74, 6) is 0.928. The standard InChI is InChI=1S/C30H51N3O3/c1-8-23(4)26(32-29(35)36-30(5,6)7)21-33-19-13-12-16-27(33)28(34)31-25(20-22(2)3)18-17-24-14-10-9-11-15-24/h9-11,14-15,22-23,25-27H,8,12-13,16-21H2,1-7H3,(H,31,34)(H,32,35)/t23-,25-,26+,27-/m0/s1. The summed E-state index contributed by atoms with van der Waals surface area (Å²) in [4.78, 5) is 28.4. The van der Waals surface area contributed by atoms with Crippen LogP contribution in [0, 0.1) is 11.8 Å². The number of hydrogen-bond acceptors (Lipinski definition) is 4. The van der Waals surface area contributed by atoms with Crippen molar-refractivity contribution in [2.45, 2.75) is 117 Å². The zero-order valence-electron chi connectivity index (χ0n) is 23.8. The second-order valence-electron chi connectivity index (χ2n) is 12.0. The summed E-state index contributed by atoms with van der Waals surface area (Å²) < 4.78 is 5.53. The van der Waals surface area contributed by atoms with Crippen molar-refractivity contribution >= 4 is 12.0 Å². The van der Waals surface area contributed by atoms with E-state index in [-0.39, 0.29) is 36.0 Å². The number of likely N-dealkylation sites (tertiary alicyclic amines) is 1. The third-order valence-electron chi connectivity index (χ3n) is 7.11. The Bertz CT molecular complexity index is 790. The van der Waals surface area contributed by atoms with Crippen LogP contribution in [-0.4, -0.2) is 53.7 Å². The Balaban J connectivity index is 2.06. The van der Waals surface area contributed by atoms with E-state index in [1.165, 1.54) is 5.56 Å². The van der Waals surface area contributed by atoms with Gasteiger partial charge in [0.2, 0.25) is 5.91 Å². The van der Waals surface area contributed by atoms with Crippen LogP contribution in [-0.2, 0) is 16.0 Å². The maximum absolute atomic E-state index is 13.6. The van der Waals surface area contributed by atoms with Gasteiger partial charge >= 0.3 is 6.09 Å². The number of ether oxygens (including phenoxy) is 1. The monoisotopic (exact) mass is 501 g/mol. The van der Waals surface area contributed by atoms with Gasteiger partial charge in [-0.2, -0.15) is 0 Å². The molecule has 1 heterocycles. The molecule has 6 heteroatoms. The molecular weight excluding hydrogens is 450 g/mol. The minimum Gasteiger partial charge on any atom is -0.444 e. The van der Waals surface area contributed by atoms with Crippen LogP contribution in [0.15, 0.2) is 30.3 Å². The van der Waals surface area contributed by atoms with Crippen molar-refractivity contribution in [2.75, 3.05) is 13.1 Å². The third-order valence-corrected chi connectivity index (χ3v) is 7.11. The van der Waals surface area contributed by atoms with E-state index in [0.717, 1.165) is 51.5 Å². The van der Waals surface area contributed by atoms with Gasteiger partial charge in [-0.25, -0.2) is 4.79 Å². The SMILES string of the molecule is CC[C@H](C)[C@@H](CN1CCCC[C@H]1C(=O)N[C@@H](CCc1ccccc1)CC(C)C)NC(=O)OC(C)(C)C. The second-order valence-corrected chi connectivity index (χ2v) is 12.0. The maximum Gasteiger partial charge on any atom is 0.407 e.